The second-order valence-corrected chi connectivity index (χ2v) is 6.18. The Bertz CT molecular complexity index is 610. The minimum Gasteiger partial charge on any atom is -0.465 e. The molecule has 2 heterocycles. The quantitative estimate of drug-likeness (QED) is 0.843. The summed E-state index contributed by atoms with van der Waals surface area (Å²) in [5, 5.41) is 2.50. The molecule has 1 fully saturated rings. The SMILES string of the molecule is CCOC(=O)CNC(=O)N1CCS[C@H]1c1ccc2c(c1)OCO2. The van der Waals surface area contributed by atoms with Crippen molar-refractivity contribution in [1.29, 1.82) is 0 Å². The molecule has 0 aliphatic carbocycles. The third kappa shape index (κ3) is 3.47. The number of esters is 1. The Morgan fingerprint density at radius 2 is 2.22 bits per heavy atom. The first-order chi connectivity index (χ1) is 11.2. The maximum absolute atomic E-state index is 12.3. The molecule has 8 heteroatoms. The summed E-state index contributed by atoms with van der Waals surface area (Å²) in [7, 11) is 0. The van der Waals surface area contributed by atoms with Crippen molar-refractivity contribution in [2.45, 2.75) is 12.3 Å². The minimum atomic E-state index is -0.438. The molecular weight excluding hydrogens is 320 g/mol. The van der Waals surface area contributed by atoms with Crippen LogP contribution in [-0.4, -0.2) is 49.1 Å². The second-order valence-electron chi connectivity index (χ2n) is 4.99. The molecule has 2 aliphatic heterocycles. The van der Waals surface area contributed by atoms with Crippen LogP contribution in [0.5, 0.6) is 11.5 Å². The van der Waals surface area contributed by atoms with Crippen molar-refractivity contribution in [1.82, 2.24) is 10.2 Å². The van der Waals surface area contributed by atoms with Gasteiger partial charge in [0.05, 0.1) is 6.61 Å². The van der Waals surface area contributed by atoms with Crippen LogP contribution in [0.2, 0.25) is 0 Å². The van der Waals surface area contributed by atoms with E-state index in [1.165, 1.54) is 0 Å². The van der Waals surface area contributed by atoms with Gasteiger partial charge in [-0.25, -0.2) is 4.79 Å². The third-order valence-electron chi connectivity index (χ3n) is 3.52. The lowest BCUT2D eigenvalue weighted by Crippen LogP contribution is -2.41. The Labute approximate surface area is 138 Å². The van der Waals surface area contributed by atoms with Crippen molar-refractivity contribution < 1.29 is 23.8 Å². The standard InChI is InChI=1S/C15H18N2O5S/c1-2-20-13(18)8-16-15(19)17-5-6-23-14(17)10-3-4-11-12(7-10)22-9-21-11/h3-4,7,14H,2,5-6,8-9H2,1H3,(H,16,19)/t14-/m0/s1. The number of ether oxygens (including phenoxy) is 3. The summed E-state index contributed by atoms with van der Waals surface area (Å²) in [4.78, 5) is 25.4. The molecule has 7 nitrogen and oxygen atoms in total. The summed E-state index contributed by atoms with van der Waals surface area (Å²) in [6.07, 6.45) is 0. The zero-order valence-corrected chi connectivity index (χ0v) is 13.6. The zero-order chi connectivity index (χ0) is 16.2. The van der Waals surface area contributed by atoms with Gasteiger partial charge in [-0.3, -0.25) is 4.79 Å². The lowest BCUT2D eigenvalue weighted by atomic mass is 10.2. The summed E-state index contributed by atoms with van der Waals surface area (Å²) in [6.45, 7) is 2.75. The van der Waals surface area contributed by atoms with Crippen LogP contribution >= 0.6 is 11.8 Å². The molecule has 1 aromatic rings. The van der Waals surface area contributed by atoms with Gasteiger partial charge in [0.15, 0.2) is 11.5 Å². The monoisotopic (exact) mass is 338 g/mol. The Balaban J connectivity index is 1.65. The first-order valence-electron chi connectivity index (χ1n) is 7.40. The van der Waals surface area contributed by atoms with E-state index in [9.17, 15) is 9.59 Å². The molecule has 1 saturated heterocycles. The molecule has 3 rings (SSSR count). The highest BCUT2D eigenvalue weighted by molar-refractivity contribution is 7.99. The number of nitrogens with one attached hydrogen (secondary N) is 1. The summed E-state index contributed by atoms with van der Waals surface area (Å²) < 4.78 is 15.5. The first kappa shape index (κ1) is 15.8. The maximum atomic E-state index is 12.3. The van der Waals surface area contributed by atoms with Gasteiger partial charge in [0.1, 0.15) is 11.9 Å². The van der Waals surface area contributed by atoms with Crippen LogP contribution < -0.4 is 14.8 Å². The molecule has 23 heavy (non-hydrogen) atoms. The van der Waals surface area contributed by atoms with E-state index in [1.54, 1.807) is 23.6 Å². The van der Waals surface area contributed by atoms with E-state index in [1.807, 2.05) is 18.2 Å². The Hall–Kier alpha value is -2.09. The fraction of sp³-hybridized carbons (Fsp3) is 0.467. The van der Waals surface area contributed by atoms with Crippen LogP contribution in [0.1, 0.15) is 17.9 Å². The van der Waals surface area contributed by atoms with Gasteiger partial charge in [-0.05, 0) is 24.6 Å². The highest BCUT2D eigenvalue weighted by Gasteiger charge is 2.32. The Morgan fingerprint density at radius 3 is 3.04 bits per heavy atom. The second kappa shape index (κ2) is 6.99. The molecule has 0 aromatic heterocycles. The summed E-state index contributed by atoms with van der Waals surface area (Å²) >= 11 is 1.67. The Morgan fingerprint density at radius 1 is 1.39 bits per heavy atom. The molecule has 1 atom stereocenters. The van der Waals surface area contributed by atoms with Gasteiger partial charge in [-0.2, -0.15) is 0 Å². The number of hydrogen-bond donors (Lipinski definition) is 1. The smallest absolute Gasteiger partial charge is 0.325 e. The molecular formula is C15H18N2O5S. The molecule has 0 saturated carbocycles. The highest BCUT2D eigenvalue weighted by atomic mass is 32.2. The van der Waals surface area contributed by atoms with E-state index in [-0.39, 0.29) is 24.7 Å². The number of amides is 2. The highest BCUT2D eigenvalue weighted by Crippen LogP contribution is 2.42. The van der Waals surface area contributed by atoms with Gasteiger partial charge in [-0.15, -0.1) is 11.8 Å². The zero-order valence-electron chi connectivity index (χ0n) is 12.7. The van der Waals surface area contributed by atoms with Crippen LogP contribution in [0.15, 0.2) is 18.2 Å². The number of hydrogen-bond acceptors (Lipinski definition) is 6. The topological polar surface area (TPSA) is 77.1 Å². The van der Waals surface area contributed by atoms with Crippen molar-refractivity contribution in [3.8, 4) is 11.5 Å². The van der Waals surface area contributed by atoms with E-state index < -0.39 is 5.97 Å². The molecule has 0 bridgehead atoms. The number of nitrogens with zero attached hydrogens (tertiary/aromatic N) is 1. The largest absolute Gasteiger partial charge is 0.465 e. The lowest BCUT2D eigenvalue weighted by Gasteiger charge is -2.24. The number of carbonyl (C=O) groups is 2. The van der Waals surface area contributed by atoms with Crippen molar-refractivity contribution >= 4 is 23.8 Å². The van der Waals surface area contributed by atoms with E-state index in [2.05, 4.69) is 5.32 Å². The van der Waals surface area contributed by atoms with Crippen LogP contribution in [-0.2, 0) is 9.53 Å². The predicted molar refractivity (Wildman–Crippen MR) is 84.5 cm³/mol. The van der Waals surface area contributed by atoms with Crippen molar-refractivity contribution in [2.75, 3.05) is 32.2 Å². The van der Waals surface area contributed by atoms with Crippen LogP contribution in [0.3, 0.4) is 0 Å². The van der Waals surface area contributed by atoms with E-state index in [0.29, 0.717) is 18.9 Å². The molecule has 0 spiro atoms. The summed E-state index contributed by atoms with van der Waals surface area (Å²) in [5.41, 5.74) is 0.975. The number of rotatable bonds is 4. The van der Waals surface area contributed by atoms with E-state index in [4.69, 9.17) is 14.2 Å². The van der Waals surface area contributed by atoms with Crippen LogP contribution in [0.25, 0.3) is 0 Å². The normalized spacial score (nSPS) is 18.8. The molecule has 1 N–H and O–H groups in total. The molecule has 2 amide bonds. The number of benzene rings is 1. The van der Waals surface area contributed by atoms with Crippen molar-refractivity contribution in [2.24, 2.45) is 0 Å². The van der Waals surface area contributed by atoms with Gasteiger partial charge in [0.25, 0.3) is 0 Å². The van der Waals surface area contributed by atoms with Crippen molar-refractivity contribution in [3.05, 3.63) is 23.8 Å². The van der Waals surface area contributed by atoms with Gasteiger partial charge < -0.3 is 24.4 Å². The fourth-order valence-electron chi connectivity index (χ4n) is 2.48. The van der Waals surface area contributed by atoms with Gasteiger partial charge in [0, 0.05) is 12.3 Å². The minimum absolute atomic E-state index is 0.105. The third-order valence-corrected chi connectivity index (χ3v) is 4.78. The molecule has 1 aromatic carbocycles. The van der Waals surface area contributed by atoms with E-state index in [0.717, 1.165) is 17.1 Å². The summed E-state index contributed by atoms with van der Waals surface area (Å²) in [6, 6.07) is 5.41. The Kier molecular flexibility index (Phi) is 4.80. The molecule has 2 aliphatic rings. The van der Waals surface area contributed by atoms with Crippen LogP contribution in [0.4, 0.5) is 4.79 Å². The fourth-order valence-corrected chi connectivity index (χ4v) is 3.73. The number of thioether (sulfide) groups is 1. The molecule has 124 valence electrons. The van der Waals surface area contributed by atoms with Crippen molar-refractivity contribution in [3.63, 3.8) is 0 Å². The molecule has 0 unspecified atom stereocenters. The predicted octanol–water partition coefficient (Wildman–Crippen LogP) is 1.74. The summed E-state index contributed by atoms with van der Waals surface area (Å²) in [5.74, 6) is 1.82. The van der Waals surface area contributed by atoms with Crippen LogP contribution in [0, 0.1) is 0 Å². The first-order valence-corrected chi connectivity index (χ1v) is 8.45. The average molecular weight is 338 g/mol. The molecule has 0 radical (unpaired) electrons. The average Bonchev–Trinajstić information content (AvgIpc) is 3.20. The lowest BCUT2D eigenvalue weighted by molar-refractivity contribution is -0.141. The van der Waals surface area contributed by atoms with E-state index >= 15 is 0 Å². The van der Waals surface area contributed by atoms with Gasteiger partial charge in [0.2, 0.25) is 6.79 Å². The van der Waals surface area contributed by atoms with Gasteiger partial charge >= 0.3 is 12.0 Å². The maximum Gasteiger partial charge on any atom is 0.325 e. The number of urea groups is 1. The number of fused-ring (bicyclic) bond motifs is 1. The number of carbonyl (C=O) groups excluding carboxylic acids is 2. The van der Waals surface area contributed by atoms with Gasteiger partial charge in [-0.1, -0.05) is 6.07 Å².